The minimum atomic E-state index is 0.428. The van der Waals surface area contributed by atoms with Crippen LogP contribution in [0, 0.1) is 5.92 Å². The van der Waals surface area contributed by atoms with Crippen molar-refractivity contribution in [2.24, 2.45) is 5.92 Å². The summed E-state index contributed by atoms with van der Waals surface area (Å²) in [7, 11) is 0. The Morgan fingerprint density at radius 3 is 2.20 bits per heavy atom. The summed E-state index contributed by atoms with van der Waals surface area (Å²) in [6.07, 6.45) is 8.15. The van der Waals surface area contributed by atoms with E-state index in [1.807, 2.05) is 0 Å². The van der Waals surface area contributed by atoms with Crippen LogP contribution in [0.2, 0.25) is 0 Å². The van der Waals surface area contributed by atoms with E-state index >= 15 is 0 Å². The molecule has 0 aromatic rings. The van der Waals surface area contributed by atoms with Crippen molar-refractivity contribution < 1.29 is 4.74 Å². The molecular formula is C13H25NO. The minimum Gasteiger partial charge on any atom is -0.373 e. The Labute approximate surface area is 94.0 Å². The van der Waals surface area contributed by atoms with Gasteiger partial charge in [0.25, 0.3) is 0 Å². The number of rotatable bonds is 2. The molecule has 0 spiro atoms. The van der Waals surface area contributed by atoms with Crippen LogP contribution in [0.5, 0.6) is 0 Å². The molecule has 0 N–H and O–H groups in total. The monoisotopic (exact) mass is 211 g/mol. The Kier molecular flexibility index (Phi) is 4.04. The third-order valence-corrected chi connectivity index (χ3v) is 3.74. The van der Waals surface area contributed by atoms with Gasteiger partial charge in [-0.3, -0.25) is 4.90 Å². The summed E-state index contributed by atoms with van der Waals surface area (Å²) in [6.45, 7) is 7.99. The van der Waals surface area contributed by atoms with Crippen LogP contribution in [0.1, 0.15) is 46.0 Å². The average Bonchev–Trinajstić information content (AvgIpc) is 2.17. The van der Waals surface area contributed by atoms with Gasteiger partial charge in [0.15, 0.2) is 0 Å². The summed E-state index contributed by atoms with van der Waals surface area (Å²) in [6, 6.07) is 0. The van der Waals surface area contributed by atoms with Crippen LogP contribution in [-0.4, -0.2) is 36.7 Å². The highest BCUT2D eigenvalue weighted by molar-refractivity contribution is 4.77. The Balaban J connectivity index is 1.77. The quantitative estimate of drug-likeness (QED) is 0.696. The van der Waals surface area contributed by atoms with Crippen LogP contribution in [0.3, 0.4) is 0 Å². The first-order valence-corrected chi connectivity index (χ1v) is 6.62. The van der Waals surface area contributed by atoms with E-state index in [1.165, 1.54) is 38.6 Å². The molecule has 2 atom stereocenters. The standard InChI is InChI=1S/C13H25NO/c1-11-8-14(9-12(2)15-11)10-13-6-4-3-5-7-13/h11-13H,3-10H2,1-2H3. The summed E-state index contributed by atoms with van der Waals surface area (Å²) in [5, 5.41) is 0. The van der Waals surface area contributed by atoms with Crippen molar-refractivity contribution in [3.63, 3.8) is 0 Å². The van der Waals surface area contributed by atoms with E-state index < -0.39 is 0 Å². The molecule has 0 aromatic carbocycles. The molecule has 2 heteroatoms. The zero-order valence-electron chi connectivity index (χ0n) is 10.2. The van der Waals surface area contributed by atoms with Gasteiger partial charge in [0.1, 0.15) is 0 Å². The summed E-state index contributed by atoms with van der Waals surface area (Å²) in [5.74, 6) is 0.969. The lowest BCUT2D eigenvalue weighted by Crippen LogP contribution is -2.47. The lowest BCUT2D eigenvalue weighted by Gasteiger charge is -2.38. The van der Waals surface area contributed by atoms with Gasteiger partial charge in [-0.1, -0.05) is 19.3 Å². The molecule has 1 aliphatic heterocycles. The Hall–Kier alpha value is -0.0800. The molecule has 0 aromatic heterocycles. The number of hydrogen-bond acceptors (Lipinski definition) is 2. The zero-order chi connectivity index (χ0) is 10.7. The maximum atomic E-state index is 5.76. The Morgan fingerprint density at radius 1 is 1.00 bits per heavy atom. The molecule has 2 rings (SSSR count). The molecule has 0 radical (unpaired) electrons. The molecule has 1 saturated heterocycles. The molecule has 88 valence electrons. The fourth-order valence-corrected chi connectivity index (χ4v) is 3.17. The van der Waals surface area contributed by atoms with Gasteiger partial charge in [0.2, 0.25) is 0 Å². The van der Waals surface area contributed by atoms with E-state index in [0.29, 0.717) is 12.2 Å². The molecule has 2 fully saturated rings. The molecule has 1 saturated carbocycles. The van der Waals surface area contributed by atoms with Gasteiger partial charge in [0.05, 0.1) is 12.2 Å². The normalized spacial score (nSPS) is 35.6. The molecule has 2 nitrogen and oxygen atoms in total. The van der Waals surface area contributed by atoms with E-state index in [9.17, 15) is 0 Å². The van der Waals surface area contributed by atoms with E-state index in [2.05, 4.69) is 18.7 Å². The molecule has 1 aliphatic carbocycles. The van der Waals surface area contributed by atoms with Gasteiger partial charge in [-0.15, -0.1) is 0 Å². The van der Waals surface area contributed by atoms with Crippen molar-refractivity contribution in [3.05, 3.63) is 0 Å². The van der Waals surface area contributed by atoms with Crippen LogP contribution >= 0.6 is 0 Å². The van der Waals surface area contributed by atoms with Crippen LogP contribution in [-0.2, 0) is 4.74 Å². The van der Waals surface area contributed by atoms with Gasteiger partial charge < -0.3 is 4.74 Å². The lowest BCUT2D eigenvalue weighted by atomic mass is 9.88. The first-order chi connectivity index (χ1) is 7.24. The van der Waals surface area contributed by atoms with E-state index in [4.69, 9.17) is 4.74 Å². The Bertz CT molecular complexity index is 179. The SMILES string of the molecule is CC1CN(CC2CCCCC2)CC(C)O1. The van der Waals surface area contributed by atoms with E-state index in [1.54, 1.807) is 0 Å². The average molecular weight is 211 g/mol. The van der Waals surface area contributed by atoms with Crippen molar-refractivity contribution in [2.75, 3.05) is 19.6 Å². The van der Waals surface area contributed by atoms with Crippen LogP contribution in [0.4, 0.5) is 0 Å². The summed E-state index contributed by atoms with van der Waals surface area (Å²) >= 11 is 0. The summed E-state index contributed by atoms with van der Waals surface area (Å²) in [4.78, 5) is 2.62. The molecule has 2 aliphatic rings. The Morgan fingerprint density at radius 2 is 1.60 bits per heavy atom. The second-order valence-electron chi connectivity index (χ2n) is 5.48. The van der Waals surface area contributed by atoms with Gasteiger partial charge in [-0.2, -0.15) is 0 Å². The van der Waals surface area contributed by atoms with Crippen LogP contribution < -0.4 is 0 Å². The van der Waals surface area contributed by atoms with Gasteiger partial charge >= 0.3 is 0 Å². The van der Waals surface area contributed by atoms with Crippen LogP contribution in [0.25, 0.3) is 0 Å². The van der Waals surface area contributed by atoms with Crippen molar-refractivity contribution in [3.8, 4) is 0 Å². The van der Waals surface area contributed by atoms with Crippen molar-refractivity contribution >= 4 is 0 Å². The number of nitrogens with zero attached hydrogens (tertiary/aromatic N) is 1. The smallest absolute Gasteiger partial charge is 0.0678 e. The van der Waals surface area contributed by atoms with Crippen LogP contribution in [0.15, 0.2) is 0 Å². The fraction of sp³-hybridized carbons (Fsp3) is 1.00. The highest BCUT2D eigenvalue weighted by Gasteiger charge is 2.24. The van der Waals surface area contributed by atoms with E-state index in [0.717, 1.165) is 19.0 Å². The predicted octanol–water partition coefficient (Wildman–Crippen LogP) is 2.68. The second kappa shape index (κ2) is 5.31. The molecule has 0 amide bonds. The zero-order valence-corrected chi connectivity index (χ0v) is 10.2. The van der Waals surface area contributed by atoms with Crippen molar-refractivity contribution in [1.82, 2.24) is 4.90 Å². The number of morpholine rings is 1. The van der Waals surface area contributed by atoms with Gasteiger partial charge in [0, 0.05) is 19.6 Å². The molecule has 0 bridgehead atoms. The minimum absolute atomic E-state index is 0.428. The molecule has 2 unspecified atom stereocenters. The molecule has 15 heavy (non-hydrogen) atoms. The predicted molar refractivity (Wildman–Crippen MR) is 63.0 cm³/mol. The lowest BCUT2D eigenvalue weighted by molar-refractivity contribution is -0.0724. The molecule has 1 heterocycles. The third kappa shape index (κ3) is 3.46. The van der Waals surface area contributed by atoms with Gasteiger partial charge in [-0.25, -0.2) is 0 Å². The first kappa shape index (κ1) is 11.4. The summed E-state index contributed by atoms with van der Waals surface area (Å²) < 4.78 is 5.76. The van der Waals surface area contributed by atoms with Crippen molar-refractivity contribution in [2.45, 2.75) is 58.2 Å². The second-order valence-corrected chi connectivity index (χ2v) is 5.48. The van der Waals surface area contributed by atoms with Gasteiger partial charge in [-0.05, 0) is 32.6 Å². The highest BCUT2D eigenvalue weighted by Crippen LogP contribution is 2.25. The first-order valence-electron chi connectivity index (χ1n) is 6.62. The number of ether oxygens (including phenoxy) is 1. The fourth-order valence-electron chi connectivity index (χ4n) is 3.17. The topological polar surface area (TPSA) is 12.5 Å². The highest BCUT2D eigenvalue weighted by atomic mass is 16.5. The van der Waals surface area contributed by atoms with E-state index in [-0.39, 0.29) is 0 Å². The maximum absolute atomic E-state index is 5.76. The van der Waals surface area contributed by atoms with Crippen molar-refractivity contribution in [1.29, 1.82) is 0 Å². The molecular weight excluding hydrogens is 186 g/mol. The number of hydrogen-bond donors (Lipinski definition) is 0. The third-order valence-electron chi connectivity index (χ3n) is 3.74. The summed E-state index contributed by atoms with van der Waals surface area (Å²) in [5.41, 5.74) is 0. The maximum Gasteiger partial charge on any atom is 0.0678 e. The largest absolute Gasteiger partial charge is 0.373 e.